The second-order valence-electron chi connectivity index (χ2n) is 3.90. The quantitative estimate of drug-likeness (QED) is 0.692. The highest BCUT2D eigenvalue weighted by molar-refractivity contribution is 5.77. The summed E-state index contributed by atoms with van der Waals surface area (Å²) < 4.78 is 2.06. The van der Waals surface area contributed by atoms with Gasteiger partial charge in [0.2, 0.25) is 5.91 Å². The predicted molar refractivity (Wildman–Crippen MR) is 63.9 cm³/mol. The summed E-state index contributed by atoms with van der Waals surface area (Å²) in [6.45, 7) is 1.67. The summed E-state index contributed by atoms with van der Waals surface area (Å²) in [5.74, 6) is -0.175. The summed E-state index contributed by atoms with van der Waals surface area (Å²) in [6, 6.07) is 1.82. The monoisotopic (exact) mass is 234 g/mol. The Bertz CT molecular complexity index is 353. The first kappa shape index (κ1) is 13.2. The number of carbonyl (C=O) groups excluding carboxylic acids is 1. The Morgan fingerprint density at radius 3 is 2.88 bits per heavy atom. The molecular weight excluding hydrogens is 216 g/mol. The number of nitrogens with zero attached hydrogens (tertiary/aromatic N) is 3. The lowest BCUT2D eigenvalue weighted by Crippen LogP contribution is -2.23. The first-order valence-corrected chi connectivity index (χ1v) is 5.92. The molecule has 92 valence electrons. The van der Waals surface area contributed by atoms with Crippen molar-refractivity contribution in [2.45, 2.75) is 38.6 Å². The zero-order valence-corrected chi connectivity index (χ0v) is 9.93. The fourth-order valence-corrected chi connectivity index (χ4v) is 1.55. The molecule has 1 aromatic rings. The van der Waals surface area contributed by atoms with Crippen molar-refractivity contribution in [3.63, 3.8) is 0 Å². The highest BCUT2D eigenvalue weighted by Crippen LogP contribution is 2.01. The van der Waals surface area contributed by atoms with Crippen LogP contribution in [0.5, 0.6) is 0 Å². The number of carbonyl (C=O) groups is 1. The number of hydrogen-bond acceptors (Lipinski definition) is 3. The number of amides is 1. The van der Waals surface area contributed by atoms with Gasteiger partial charge in [-0.15, -0.1) is 0 Å². The van der Waals surface area contributed by atoms with Crippen LogP contribution in [0.1, 0.15) is 32.1 Å². The maximum atomic E-state index is 10.9. The third kappa shape index (κ3) is 6.36. The lowest BCUT2D eigenvalue weighted by Gasteiger charge is -2.03. The van der Waals surface area contributed by atoms with Crippen LogP contribution in [0.4, 0.5) is 0 Å². The molecule has 0 saturated heterocycles. The van der Waals surface area contributed by atoms with E-state index in [1.165, 1.54) is 0 Å². The van der Waals surface area contributed by atoms with E-state index in [1.807, 2.05) is 18.6 Å². The van der Waals surface area contributed by atoms with Gasteiger partial charge in [-0.2, -0.15) is 5.26 Å². The summed E-state index contributed by atoms with van der Waals surface area (Å²) in [4.78, 5) is 14.9. The fraction of sp³-hybridized carbons (Fsp3) is 0.583. The van der Waals surface area contributed by atoms with E-state index in [0.29, 0.717) is 6.54 Å². The number of nitrogens with one attached hydrogen (secondary N) is 1. The average molecular weight is 234 g/mol. The molecule has 17 heavy (non-hydrogen) atoms. The van der Waals surface area contributed by atoms with E-state index in [-0.39, 0.29) is 12.3 Å². The average Bonchev–Trinajstić information content (AvgIpc) is 2.81. The highest BCUT2D eigenvalue weighted by atomic mass is 16.1. The summed E-state index contributed by atoms with van der Waals surface area (Å²) in [5.41, 5.74) is 0. The molecule has 0 aliphatic heterocycles. The summed E-state index contributed by atoms with van der Waals surface area (Å²) in [6.07, 6.45) is 9.87. The van der Waals surface area contributed by atoms with Crippen LogP contribution in [0.25, 0.3) is 0 Å². The first-order chi connectivity index (χ1) is 8.33. The van der Waals surface area contributed by atoms with Gasteiger partial charge in [-0.1, -0.05) is 12.8 Å². The van der Waals surface area contributed by atoms with Crippen LogP contribution in [0.15, 0.2) is 18.7 Å². The van der Waals surface area contributed by atoms with Gasteiger partial charge in [-0.25, -0.2) is 4.98 Å². The van der Waals surface area contributed by atoms with Crippen LogP contribution >= 0.6 is 0 Å². The molecule has 0 aromatic carbocycles. The Hall–Kier alpha value is -1.83. The molecule has 1 N–H and O–H groups in total. The van der Waals surface area contributed by atoms with Crippen LogP contribution in [-0.4, -0.2) is 22.0 Å². The van der Waals surface area contributed by atoms with Gasteiger partial charge >= 0.3 is 0 Å². The first-order valence-electron chi connectivity index (χ1n) is 5.92. The van der Waals surface area contributed by atoms with E-state index < -0.39 is 0 Å². The van der Waals surface area contributed by atoms with Crippen LogP contribution in [0.3, 0.4) is 0 Å². The number of hydrogen-bond donors (Lipinski definition) is 1. The molecule has 0 spiro atoms. The van der Waals surface area contributed by atoms with E-state index in [2.05, 4.69) is 14.9 Å². The minimum atomic E-state index is -0.175. The zero-order chi connectivity index (χ0) is 12.3. The standard InChI is InChI=1S/C12H18N4O/c13-6-5-12(17)15-7-3-1-2-4-9-16-10-8-14-11-16/h8,10-11H,1-5,7,9H2,(H,15,17). The Morgan fingerprint density at radius 2 is 2.18 bits per heavy atom. The van der Waals surface area contributed by atoms with Crippen LogP contribution < -0.4 is 5.32 Å². The molecule has 5 heteroatoms. The van der Waals surface area contributed by atoms with Crippen molar-refractivity contribution >= 4 is 5.91 Å². The predicted octanol–water partition coefficient (Wildman–Crippen LogP) is 1.47. The zero-order valence-electron chi connectivity index (χ0n) is 9.93. The fourth-order valence-electron chi connectivity index (χ4n) is 1.55. The molecule has 0 fully saturated rings. The topological polar surface area (TPSA) is 70.7 Å². The lowest BCUT2D eigenvalue weighted by atomic mass is 10.2. The number of unbranched alkanes of at least 4 members (excludes halogenated alkanes) is 3. The van der Waals surface area contributed by atoms with Crippen molar-refractivity contribution in [1.29, 1.82) is 5.26 Å². The van der Waals surface area contributed by atoms with Crippen molar-refractivity contribution in [2.75, 3.05) is 6.54 Å². The lowest BCUT2D eigenvalue weighted by molar-refractivity contribution is -0.120. The summed E-state index contributed by atoms with van der Waals surface area (Å²) >= 11 is 0. The Morgan fingerprint density at radius 1 is 1.35 bits per heavy atom. The van der Waals surface area contributed by atoms with Crippen molar-refractivity contribution in [3.05, 3.63) is 18.7 Å². The second kappa shape index (κ2) is 8.34. The van der Waals surface area contributed by atoms with Gasteiger partial charge in [-0.05, 0) is 12.8 Å². The van der Waals surface area contributed by atoms with Crippen molar-refractivity contribution < 1.29 is 4.79 Å². The van der Waals surface area contributed by atoms with Crippen molar-refractivity contribution in [3.8, 4) is 6.07 Å². The van der Waals surface area contributed by atoms with Crippen molar-refractivity contribution in [2.24, 2.45) is 0 Å². The summed E-state index contributed by atoms with van der Waals surface area (Å²) in [5, 5.41) is 11.0. The molecule has 0 aliphatic carbocycles. The maximum Gasteiger partial charge on any atom is 0.234 e. The van der Waals surface area contributed by atoms with Crippen LogP contribution in [-0.2, 0) is 11.3 Å². The van der Waals surface area contributed by atoms with Gasteiger partial charge in [0.25, 0.3) is 0 Å². The second-order valence-corrected chi connectivity index (χ2v) is 3.90. The van der Waals surface area contributed by atoms with E-state index in [0.717, 1.165) is 32.2 Å². The van der Waals surface area contributed by atoms with Gasteiger partial charge in [-0.3, -0.25) is 4.79 Å². The SMILES string of the molecule is N#CCC(=O)NCCCCCCn1ccnc1. The number of imidazole rings is 1. The van der Waals surface area contributed by atoms with Gasteiger partial charge in [0.1, 0.15) is 6.42 Å². The van der Waals surface area contributed by atoms with Crippen molar-refractivity contribution in [1.82, 2.24) is 14.9 Å². The molecule has 0 atom stereocenters. The Balaban J connectivity index is 1.88. The normalized spacial score (nSPS) is 9.82. The number of aryl methyl sites for hydroxylation is 1. The van der Waals surface area contributed by atoms with Gasteiger partial charge in [0.05, 0.1) is 12.4 Å². The molecule has 5 nitrogen and oxygen atoms in total. The Labute approximate surface area is 101 Å². The molecular formula is C12H18N4O. The minimum Gasteiger partial charge on any atom is -0.355 e. The van der Waals surface area contributed by atoms with Crippen LogP contribution in [0.2, 0.25) is 0 Å². The third-order valence-electron chi connectivity index (χ3n) is 2.46. The van der Waals surface area contributed by atoms with Gasteiger partial charge < -0.3 is 9.88 Å². The van der Waals surface area contributed by atoms with E-state index >= 15 is 0 Å². The number of nitriles is 1. The number of rotatable bonds is 8. The summed E-state index contributed by atoms with van der Waals surface area (Å²) in [7, 11) is 0. The van der Waals surface area contributed by atoms with Gasteiger partial charge in [0.15, 0.2) is 0 Å². The van der Waals surface area contributed by atoms with E-state index in [4.69, 9.17) is 5.26 Å². The molecule has 1 rings (SSSR count). The largest absolute Gasteiger partial charge is 0.355 e. The maximum absolute atomic E-state index is 10.9. The molecule has 0 saturated carbocycles. The van der Waals surface area contributed by atoms with E-state index in [9.17, 15) is 4.79 Å². The third-order valence-corrected chi connectivity index (χ3v) is 2.46. The smallest absolute Gasteiger partial charge is 0.234 e. The molecule has 1 heterocycles. The van der Waals surface area contributed by atoms with E-state index in [1.54, 1.807) is 6.20 Å². The minimum absolute atomic E-state index is 0.0410. The highest BCUT2D eigenvalue weighted by Gasteiger charge is 1.97. The number of aromatic nitrogens is 2. The van der Waals surface area contributed by atoms with Crippen LogP contribution in [0, 0.1) is 11.3 Å². The van der Waals surface area contributed by atoms with Gasteiger partial charge in [0, 0.05) is 25.5 Å². The molecule has 0 unspecified atom stereocenters. The Kier molecular flexibility index (Phi) is 6.49. The molecule has 0 aliphatic rings. The molecule has 1 amide bonds. The molecule has 0 bridgehead atoms. The molecule has 0 radical (unpaired) electrons. The molecule has 1 aromatic heterocycles.